The van der Waals surface area contributed by atoms with Crippen molar-refractivity contribution in [2.24, 2.45) is 0 Å². The summed E-state index contributed by atoms with van der Waals surface area (Å²) in [5, 5.41) is 0.545. The van der Waals surface area contributed by atoms with E-state index < -0.39 is 9.84 Å². The molecule has 0 fully saturated rings. The van der Waals surface area contributed by atoms with E-state index in [4.69, 9.17) is 10.5 Å². The van der Waals surface area contributed by atoms with Gasteiger partial charge in [0, 0.05) is 23.2 Å². The van der Waals surface area contributed by atoms with Gasteiger partial charge in [0.25, 0.3) is 0 Å². The zero-order valence-corrected chi connectivity index (χ0v) is 18.2. The molecule has 8 heteroatoms. The Hall–Kier alpha value is -2.29. The smallest absolute Gasteiger partial charge is 0.208 e. The van der Waals surface area contributed by atoms with Crippen LogP contribution in [0.15, 0.2) is 79.5 Å². The number of aromatic amines is 1. The van der Waals surface area contributed by atoms with Crippen molar-refractivity contribution < 1.29 is 13.2 Å². The van der Waals surface area contributed by atoms with Gasteiger partial charge in [-0.2, -0.15) is 0 Å². The van der Waals surface area contributed by atoms with E-state index in [-0.39, 0.29) is 9.79 Å². The Kier molecular flexibility index (Phi) is 4.95. The molecule has 4 aromatic rings. The van der Waals surface area contributed by atoms with Crippen LogP contribution in [0.4, 0.5) is 5.69 Å². The molecule has 1 radical (unpaired) electrons. The summed E-state index contributed by atoms with van der Waals surface area (Å²) in [6, 6.07) is 18.1. The first-order valence-corrected chi connectivity index (χ1v) is 11.2. The van der Waals surface area contributed by atoms with Crippen molar-refractivity contribution in [1.82, 2.24) is 4.98 Å². The number of anilines is 1. The lowest BCUT2D eigenvalue weighted by Crippen LogP contribution is -2.00. The number of hydrogen-bond donors (Lipinski definition) is 2. The minimum Gasteiger partial charge on any atom is -0.455 e. The van der Waals surface area contributed by atoms with E-state index in [2.05, 4.69) is 42.9 Å². The van der Waals surface area contributed by atoms with Gasteiger partial charge in [-0.1, -0.05) is 18.2 Å². The summed E-state index contributed by atoms with van der Waals surface area (Å²) < 4.78 is 33.3. The molecule has 0 spiro atoms. The Bertz CT molecular complexity index is 1290. The number of nitrogens with two attached hydrogens (primary N) is 1. The molecule has 0 amide bonds. The van der Waals surface area contributed by atoms with Crippen molar-refractivity contribution in [3.8, 4) is 11.5 Å². The highest BCUT2D eigenvalue weighted by Crippen LogP contribution is 2.41. The number of ether oxygens (including phenoxy) is 1. The Morgan fingerprint density at radius 2 is 1.82 bits per heavy atom. The van der Waals surface area contributed by atoms with Crippen LogP contribution in [0, 0.1) is 6.07 Å². The first kappa shape index (κ1) is 19.0. The molecule has 0 saturated carbocycles. The average molecular weight is 521 g/mol. The molecule has 141 valence electrons. The molecule has 1 heterocycles. The first-order chi connectivity index (χ1) is 13.4. The predicted molar refractivity (Wildman–Crippen MR) is 115 cm³/mol. The Labute approximate surface area is 178 Å². The van der Waals surface area contributed by atoms with Crippen molar-refractivity contribution in [1.29, 1.82) is 0 Å². The third kappa shape index (κ3) is 3.32. The van der Waals surface area contributed by atoms with Gasteiger partial charge in [-0.3, -0.25) is 0 Å². The maximum Gasteiger partial charge on any atom is 0.208 e. The van der Waals surface area contributed by atoms with Gasteiger partial charge in [-0.05, 0) is 68.3 Å². The topological polar surface area (TPSA) is 85.2 Å². The zero-order chi connectivity index (χ0) is 19.9. The second-order valence-electron chi connectivity index (χ2n) is 5.97. The van der Waals surface area contributed by atoms with Crippen LogP contribution >= 0.6 is 31.9 Å². The standard InChI is InChI=1S/C20H13Br2N2O3S/c21-15-7-8-16(23)19(22)20(15)27-12-6-9-17-14(10-12)18(11-24-17)28(25,26)13-4-2-1-3-5-13/h1-7,9-11,24H,23H2. The zero-order valence-electron chi connectivity index (χ0n) is 14.2. The number of benzene rings is 3. The lowest BCUT2D eigenvalue weighted by Gasteiger charge is -2.11. The summed E-state index contributed by atoms with van der Waals surface area (Å²) in [4.78, 5) is 3.44. The molecule has 4 rings (SSSR count). The number of nitrogen functional groups attached to an aromatic ring is 1. The monoisotopic (exact) mass is 519 g/mol. The Balaban J connectivity index is 1.81. The number of nitrogens with one attached hydrogen (secondary N) is 1. The van der Waals surface area contributed by atoms with Crippen LogP contribution in [-0.2, 0) is 9.84 Å². The van der Waals surface area contributed by atoms with Crippen LogP contribution < -0.4 is 10.5 Å². The highest BCUT2D eigenvalue weighted by molar-refractivity contribution is 9.11. The van der Waals surface area contributed by atoms with E-state index >= 15 is 0 Å². The Morgan fingerprint density at radius 3 is 2.57 bits per heavy atom. The summed E-state index contributed by atoms with van der Waals surface area (Å²) in [6.07, 6.45) is 1.50. The summed E-state index contributed by atoms with van der Waals surface area (Å²) in [5.41, 5.74) is 6.98. The van der Waals surface area contributed by atoms with Gasteiger partial charge in [0.15, 0.2) is 5.75 Å². The minimum atomic E-state index is -3.67. The summed E-state index contributed by atoms with van der Waals surface area (Å²) in [6.45, 7) is 0. The fourth-order valence-corrected chi connectivity index (χ4v) is 5.31. The van der Waals surface area contributed by atoms with Crippen molar-refractivity contribution in [2.75, 3.05) is 5.73 Å². The van der Waals surface area contributed by atoms with Gasteiger partial charge >= 0.3 is 0 Å². The number of sulfone groups is 1. The lowest BCUT2D eigenvalue weighted by atomic mass is 10.2. The van der Waals surface area contributed by atoms with Gasteiger partial charge in [0.2, 0.25) is 9.84 Å². The number of hydrogen-bond acceptors (Lipinski definition) is 4. The number of halogens is 2. The molecule has 3 N–H and O–H groups in total. The highest BCUT2D eigenvalue weighted by Gasteiger charge is 2.22. The van der Waals surface area contributed by atoms with E-state index in [0.29, 0.717) is 37.0 Å². The molecule has 3 aromatic carbocycles. The van der Waals surface area contributed by atoms with E-state index in [0.717, 1.165) is 0 Å². The van der Waals surface area contributed by atoms with Crippen LogP contribution in [0.1, 0.15) is 0 Å². The predicted octanol–water partition coefficient (Wildman–Crippen LogP) is 5.70. The van der Waals surface area contributed by atoms with E-state index in [9.17, 15) is 8.42 Å². The highest BCUT2D eigenvalue weighted by atomic mass is 79.9. The van der Waals surface area contributed by atoms with E-state index in [1.807, 2.05) is 0 Å². The molecular formula is C20H13Br2N2O3S. The molecule has 5 nitrogen and oxygen atoms in total. The molecule has 0 unspecified atom stereocenters. The third-order valence-electron chi connectivity index (χ3n) is 4.19. The summed E-state index contributed by atoms with van der Waals surface area (Å²) in [7, 11) is -3.67. The number of H-pyrrole nitrogens is 1. The fraction of sp³-hybridized carbons (Fsp3) is 0. The molecule has 28 heavy (non-hydrogen) atoms. The maximum atomic E-state index is 13.0. The van der Waals surface area contributed by atoms with Crippen LogP contribution in [0.5, 0.6) is 11.5 Å². The van der Waals surface area contributed by atoms with Gasteiger partial charge in [0.05, 0.1) is 24.4 Å². The van der Waals surface area contributed by atoms with E-state index in [1.54, 1.807) is 54.6 Å². The average Bonchev–Trinajstić information content (AvgIpc) is 3.13. The van der Waals surface area contributed by atoms with Crippen molar-refractivity contribution >= 4 is 58.3 Å². The quantitative estimate of drug-likeness (QED) is 0.338. The van der Waals surface area contributed by atoms with Crippen molar-refractivity contribution in [3.05, 3.63) is 75.8 Å². The molecule has 0 saturated heterocycles. The molecule has 1 aromatic heterocycles. The van der Waals surface area contributed by atoms with Crippen LogP contribution in [-0.4, -0.2) is 13.4 Å². The van der Waals surface area contributed by atoms with E-state index in [1.165, 1.54) is 6.20 Å². The minimum absolute atomic E-state index is 0.193. The fourth-order valence-electron chi connectivity index (χ4n) is 2.80. The third-order valence-corrected chi connectivity index (χ3v) is 7.37. The van der Waals surface area contributed by atoms with Crippen molar-refractivity contribution in [2.45, 2.75) is 9.79 Å². The van der Waals surface area contributed by atoms with Crippen LogP contribution in [0.3, 0.4) is 0 Å². The number of rotatable bonds is 4. The molecule has 0 aliphatic heterocycles. The second-order valence-corrected chi connectivity index (χ2v) is 9.54. The molecular weight excluding hydrogens is 508 g/mol. The van der Waals surface area contributed by atoms with Gasteiger partial charge in [-0.15, -0.1) is 0 Å². The summed E-state index contributed by atoms with van der Waals surface area (Å²) in [5.74, 6) is 0.960. The number of fused-ring (bicyclic) bond motifs is 1. The van der Waals surface area contributed by atoms with Gasteiger partial charge in [0.1, 0.15) is 5.75 Å². The molecule has 0 aliphatic rings. The SMILES string of the molecule is Nc1[c]cc(Br)c(Oc2ccc3[nH]cc(S(=O)(=O)c4ccccc4)c3c2)c1Br. The van der Waals surface area contributed by atoms with Crippen LogP contribution in [0.25, 0.3) is 10.9 Å². The summed E-state index contributed by atoms with van der Waals surface area (Å²) >= 11 is 6.81. The Morgan fingerprint density at radius 1 is 1.07 bits per heavy atom. The van der Waals surface area contributed by atoms with Gasteiger partial charge < -0.3 is 15.5 Å². The first-order valence-electron chi connectivity index (χ1n) is 8.12. The molecule has 0 bridgehead atoms. The van der Waals surface area contributed by atoms with Crippen molar-refractivity contribution in [3.63, 3.8) is 0 Å². The molecule has 0 aliphatic carbocycles. The van der Waals surface area contributed by atoms with Gasteiger partial charge in [-0.25, -0.2) is 8.42 Å². The second kappa shape index (κ2) is 7.27. The van der Waals surface area contributed by atoms with Crippen LogP contribution in [0.2, 0.25) is 0 Å². The molecule has 0 atom stereocenters. The largest absolute Gasteiger partial charge is 0.455 e. The number of aromatic nitrogens is 1. The maximum absolute atomic E-state index is 13.0. The lowest BCUT2D eigenvalue weighted by molar-refractivity contribution is 0.477. The normalized spacial score (nSPS) is 11.6.